The number of nitrogens with zero attached hydrogens (tertiary/aromatic N) is 1. The Labute approximate surface area is 106 Å². The van der Waals surface area contributed by atoms with Crippen molar-refractivity contribution in [1.82, 2.24) is 4.98 Å². The highest BCUT2D eigenvalue weighted by atomic mass is 35.5. The predicted molar refractivity (Wildman–Crippen MR) is 66.2 cm³/mol. The van der Waals surface area contributed by atoms with Crippen LogP contribution in [0.1, 0.15) is 15.4 Å². The van der Waals surface area contributed by atoms with Crippen LogP contribution in [0, 0.1) is 12.7 Å². The maximum absolute atomic E-state index is 13.2. The van der Waals surface area contributed by atoms with Gasteiger partial charge in [-0.3, -0.25) is 4.79 Å². The highest BCUT2D eigenvalue weighted by Gasteiger charge is 2.12. The van der Waals surface area contributed by atoms with E-state index in [1.54, 1.807) is 18.5 Å². The minimum absolute atomic E-state index is 0.0250. The molecule has 0 spiro atoms. The van der Waals surface area contributed by atoms with Crippen LogP contribution in [0.4, 0.5) is 10.1 Å². The maximum Gasteiger partial charge on any atom is 0.267 e. The number of aryl methyl sites for hydroxylation is 1. The minimum atomic E-state index is -0.564. The summed E-state index contributed by atoms with van der Waals surface area (Å²) in [6.07, 6.45) is 0. The molecule has 1 heterocycles. The third kappa shape index (κ3) is 2.62. The predicted octanol–water partition coefficient (Wildman–Crippen LogP) is 3.50. The van der Waals surface area contributed by atoms with Crippen molar-refractivity contribution in [3.8, 4) is 0 Å². The number of carbonyl (C=O) groups is 1. The quantitative estimate of drug-likeness (QED) is 0.907. The molecule has 1 aromatic carbocycles. The number of amides is 1. The van der Waals surface area contributed by atoms with E-state index in [9.17, 15) is 9.18 Å². The van der Waals surface area contributed by atoms with Crippen LogP contribution in [0.3, 0.4) is 0 Å². The van der Waals surface area contributed by atoms with Crippen molar-refractivity contribution in [2.24, 2.45) is 0 Å². The van der Waals surface area contributed by atoms with Gasteiger partial charge in [-0.2, -0.15) is 0 Å². The zero-order chi connectivity index (χ0) is 12.4. The molecular weight excluding hydrogens is 263 g/mol. The lowest BCUT2D eigenvalue weighted by Crippen LogP contribution is -2.11. The number of anilines is 1. The molecule has 3 nitrogen and oxygen atoms in total. The van der Waals surface area contributed by atoms with Gasteiger partial charge in [0.1, 0.15) is 10.7 Å². The number of hydrogen-bond acceptors (Lipinski definition) is 3. The molecule has 0 fully saturated rings. The number of thiazole rings is 1. The van der Waals surface area contributed by atoms with Gasteiger partial charge in [0.15, 0.2) is 0 Å². The molecule has 1 N–H and O–H groups in total. The second kappa shape index (κ2) is 4.81. The van der Waals surface area contributed by atoms with Gasteiger partial charge in [-0.05, 0) is 25.1 Å². The Balaban J connectivity index is 2.19. The number of rotatable bonds is 2. The molecule has 1 amide bonds. The van der Waals surface area contributed by atoms with E-state index < -0.39 is 5.82 Å². The summed E-state index contributed by atoms with van der Waals surface area (Å²) in [5.41, 5.74) is 2.61. The summed E-state index contributed by atoms with van der Waals surface area (Å²) < 4.78 is 13.2. The fraction of sp³-hybridized carbons (Fsp3) is 0.0909. The lowest BCUT2D eigenvalue weighted by atomic mass is 10.3. The van der Waals surface area contributed by atoms with E-state index in [1.807, 2.05) is 0 Å². The highest BCUT2D eigenvalue weighted by molar-refractivity contribution is 7.12. The molecule has 0 saturated heterocycles. The van der Waals surface area contributed by atoms with Gasteiger partial charge in [-0.1, -0.05) is 11.6 Å². The van der Waals surface area contributed by atoms with Gasteiger partial charge in [-0.15, -0.1) is 11.3 Å². The smallest absolute Gasteiger partial charge is 0.267 e. The normalized spacial score (nSPS) is 10.3. The van der Waals surface area contributed by atoms with Crippen LogP contribution in [0.5, 0.6) is 0 Å². The molecular formula is C11H8ClFN2OS. The summed E-state index contributed by atoms with van der Waals surface area (Å²) in [5.74, 6) is -0.864. The van der Waals surface area contributed by atoms with Gasteiger partial charge < -0.3 is 5.32 Å². The second-order valence-corrected chi connectivity index (χ2v) is 4.61. The monoisotopic (exact) mass is 270 g/mol. The van der Waals surface area contributed by atoms with Crippen molar-refractivity contribution in [2.75, 3.05) is 5.32 Å². The average molecular weight is 271 g/mol. The highest BCUT2D eigenvalue weighted by Crippen LogP contribution is 2.20. The lowest BCUT2D eigenvalue weighted by molar-refractivity contribution is 0.103. The van der Waals surface area contributed by atoms with E-state index in [0.29, 0.717) is 16.3 Å². The molecule has 0 atom stereocenters. The van der Waals surface area contributed by atoms with Crippen LogP contribution in [-0.4, -0.2) is 10.9 Å². The van der Waals surface area contributed by atoms with E-state index in [0.717, 1.165) is 0 Å². The van der Waals surface area contributed by atoms with Crippen LogP contribution in [-0.2, 0) is 0 Å². The molecule has 88 valence electrons. The SMILES string of the molecule is Cc1ncsc1C(=O)Nc1ccc(Cl)c(F)c1. The van der Waals surface area contributed by atoms with Gasteiger partial charge in [-0.25, -0.2) is 9.37 Å². The average Bonchev–Trinajstić information content (AvgIpc) is 2.70. The third-order valence-electron chi connectivity index (χ3n) is 2.13. The first kappa shape index (κ1) is 12.0. The van der Waals surface area contributed by atoms with Crippen molar-refractivity contribution in [3.63, 3.8) is 0 Å². The van der Waals surface area contributed by atoms with Crippen molar-refractivity contribution in [1.29, 1.82) is 0 Å². The van der Waals surface area contributed by atoms with Crippen molar-refractivity contribution >= 4 is 34.5 Å². The molecule has 0 radical (unpaired) electrons. The second-order valence-electron chi connectivity index (χ2n) is 3.35. The fourth-order valence-corrected chi connectivity index (χ4v) is 2.10. The molecule has 0 aliphatic heterocycles. The molecule has 2 rings (SSSR count). The number of nitrogens with one attached hydrogen (secondary N) is 1. The van der Waals surface area contributed by atoms with Crippen LogP contribution in [0.2, 0.25) is 5.02 Å². The summed E-state index contributed by atoms with van der Waals surface area (Å²) in [7, 11) is 0. The number of hydrogen-bond donors (Lipinski definition) is 1. The molecule has 0 saturated carbocycles. The van der Waals surface area contributed by atoms with E-state index in [2.05, 4.69) is 10.3 Å². The van der Waals surface area contributed by atoms with Gasteiger partial charge in [0, 0.05) is 5.69 Å². The van der Waals surface area contributed by atoms with Gasteiger partial charge in [0.05, 0.1) is 16.2 Å². The first-order valence-corrected chi connectivity index (χ1v) is 6.00. The minimum Gasteiger partial charge on any atom is -0.321 e. The standard InChI is InChI=1S/C11H8ClFN2OS/c1-6-10(17-5-14-6)11(16)15-7-2-3-8(12)9(13)4-7/h2-5H,1H3,(H,15,16). The number of aromatic nitrogens is 1. The molecule has 0 bridgehead atoms. The summed E-state index contributed by atoms with van der Waals surface area (Å²) >= 11 is 6.79. The van der Waals surface area contributed by atoms with Gasteiger partial charge in [0.25, 0.3) is 5.91 Å². The molecule has 0 aliphatic carbocycles. The van der Waals surface area contributed by atoms with Crippen LogP contribution >= 0.6 is 22.9 Å². The van der Waals surface area contributed by atoms with E-state index in [-0.39, 0.29) is 10.9 Å². The third-order valence-corrected chi connectivity index (χ3v) is 3.36. The van der Waals surface area contributed by atoms with Crippen molar-refractivity contribution in [2.45, 2.75) is 6.92 Å². The Morgan fingerprint density at radius 2 is 2.29 bits per heavy atom. The fourth-order valence-electron chi connectivity index (χ4n) is 1.28. The zero-order valence-corrected chi connectivity index (χ0v) is 10.4. The van der Waals surface area contributed by atoms with E-state index in [1.165, 1.54) is 23.5 Å². The van der Waals surface area contributed by atoms with Crippen LogP contribution in [0.15, 0.2) is 23.7 Å². The Kier molecular flexibility index (Phi) is 3.40. The number of carbonyl (C=O) groups excluding carboxylic acids is 1. The first-order chi connectivity index (χ1) is 8.08. The molecule has 1 aromatic heterocycles. The van der Waals surface area contributed by atoms with E-state index >= 15 is 0 Å². The van der Waals surface area contributed by atoms with E-state index in [4.69, 9.17) is 11.6 Å². The molecule has 6 heteroatoms. The summed E-state index contributed by atoms with van der Waals surface area (Å²) in [6.45, 7) is 1.74. The molecule has 0 aliphatic rings. The van der Waals surface area contributed by atoms with Crippen LogP contribution < -0.4 is 5.32 Å². The summed E-state index contributed by atoms with van der Waals surface area (Å²) in [4.78, 5) is 16.3. The Hall–Kier alpha value is -1.46. The summed E-state index contributed by atoms with van der Waals surface area (Å²) in [5, 5.41) is 2.61. The maximum atomic E-state index is 13.2. The lowest BCUT2D eigenvalue weighted by Gasteiger charge is -2.04. The largest absolute Gasteiger partial charge is 0.321 e. The molecule has 0 unspecified atom stereocenters. The Morgan fingerprint density at radius 3 is 2.88 bits per heavy atom. The zero-order valence-electron chi connectivity index (χ0n) is 8.83. The summed E-state index contributed by atoms with van der Waals surface area (Å²) in [6, 6.07) is 4.11. The number of benzene rings is 1. The topological polar surface area (TPSA) is 42.0 Å². The van der Waals surface area contributed by atoms with Crippen LogP contribution in [0.25, 0.3) is 0 Å². The van der Waals surface area contributed by atoms with Crippen molar-refractivity contribution < 1.29 is 9.18 Å². The Morgan fingerprint density at radius 1 is 1.53 bits per heavy atom. The first-order valence-electron chi connectivity index (χ1n) is 4.74. The van der Waals surface area contributed by atoms with Gasteiger partial charge >= 0.3 is 0 Å². The van der Waals surface area contributed by atoms with Gasteiger partial charge in [0.2, 0.25) is 0 Å². The molecule has 2 aromatic rings. The molecule has 17 heavy (non-hydrogen) atoms. The van der Waals surface area contributed by atoms with Crippen molar-refractivity contribution in [3.05, 3.63) is 45.1 Å². The number of halogens is 2. The Bertz CT molecular complexity index is 570.